The molecular formula is C19H16N6O. The second-order valence-corrected chi connectivity index (χ2v) is 6.17. The third-order valence-electron chi connectivity index (χ3n) is 4.61. The molecule has 5 rings (SSSR count). The van der Waals surface area contributed by atoms with Crippen LogP contribution in [0.5, 0.6) is 5.75 Å². The van der Waals surface area contributed by atoms with E-state index in [1.807, 2.05) is 54.5 Å². The molecule has 0 bridgehead atoms. The maximum Gasteiger partial charge on any atom is 0.157 e. The SMILES string of the molecule is COc1ccc2nc(Nc3ccc4cnn(C)c4c3)c3[nH]ncc3c2c1. The van der Waals surface area contributed by atoms with Gasteiger partial charge in [-0.2, -0.15) is 10.2 Å². The number of fused-ring (bicyclic) bond motifs is 4. The average molecular weight is 344 g/mol. The molecule has 0 aliphatic heterocycles. The third kappa shape index (κ3) is 2.17. The molecule has 0 saturated carbocycles. The molecule has 0 unspecified atom stereocenters. The topological polar surface area (TPSA) is 80.6 Å². The smallest absolute Gasteiger partial charge is 0.157 e. The molecule has 7 nitrogen and oxygen atoms in total. The normalized spacial score (nSPS) is 11.5. The van der Waals surface area contributed by atoms with E-state index < -0.39 is 0 Å². The van der Waals surface area contributed by atoms with E-state index >= 15 is 0 Å². The van der Waals surface area contributed by atoms with Gasteiger partial charge in [-0.15, -0.1) is 0 Å². The Balaban J connectivity index is 1.67. The Morgan fingerprint density at radius 1 is 1.08 bits per heavy atom. The van der Waals surface area contributed by atoms with Crippen molar-refractivity contribution < 1.29 is 4.74 Å². The Hall–Kier alpha value is -3.61. The number of rotatable bonds is 3. The minimum Gasteiger partial charge on any atom is -0.497 e. The van der Waals surface area contributed by atoms with Crippen LogP contribution < -0.4 is 10.1 Å². The zero-order chi connectivity index (χ0) is 17.7. The average Bonchev–Trinajstić information content (AvgIpc) is 3.29. The molecule has 0 atom stereocenters. The fourth-order valence-corrected chi connectivity index (χ4v) is 3.25. The number of H-pyrrole nitrogens is 1. The Labute approximate surface area is 148 Å². The van der Waals surface area contributed by atoms with Crippen molar-refractivity contribution in [2.45, 2.75) is 0 Å². The predicted molar refractivity (Wildman–Crippen MR) is 102 cm³/mol. The van der Waals surface area contributed by atoms with E-state index in [0.717, 1.165) is 50.0 Å². The predicted octanol–water partition coefficient (Wildman–Crippen LogP) is 3.75. The molecule has 0 amide bonds. The Bertz CT molecular complexity index is 1270. The first kappa shape index (κ1) is 14.7. The molecule has 0 aliphatic carbocycles. The van der Waals surface area contributed by atoms with Crippen molar-refractivity contribution in [3.63, 3.8) is 0 Å². The van der Waals surface area contributed by atoms with Gasteiger partial charge in [0.15, 0.2) is 5.82 Å². The Morgan fingerprint density at radius 3 is 2.88 bits per heavy atom. The molecule has 2 N–H and O–H groups in total. The second-order valence-electron chi connectivity index (χ2n) is 6.17. The zero-order valence-corrected chi connectivity index (χ0v) is 14.3. The van der Waals surface area contributed by atoms with Gasteiger partial charge in [0.05, 0.1) is 30.5 Å². The Morgan fingerprint density at radius 2 is 2.00 bits per heavy atom. The number of aromatic amines is 1. The quantitative estimate of drug-likeness (QED) is 0.521. The van der Waals surface area contributed by atoms with Crippen LogP contribution in [0.15, 0.2) is 48.8 Å². The molecule has 0 radical (unpaired) electrons. The van der Waals surface area contributed by atoms with E-state index in [1.165, 1.54) is 0 Å². The second kappa shape index (κ2) is 5.45. The van der Waals surface area contributed by atoms with Crippen LogP contribution >= 0.6 is 0 Å². The Kier molecular flexibility index (Phi) is 3.08. The number of ether oxygens (including phenoxy) is 1. The molecule has 128 valence electrons. The lowest BCUT2D eigenvalue weighted by Crippen LogP contribution is -1.97. The molecule has 0 spiro atoms. The summed E-state index contributed by atoms with van der Waals surface area (Å²) in [5, 5.41) is 18.0. The van der Waals surface area contributed by atoms with Crippen LogP contribution in [-0.2, 0) is 7.05 Å². The number of anilines is 2. The summed E-state index contributed by atoms with van der Waals surface area (Å²) < 4.78 is 7.19. The van der Waals surface area contributed by atoms with Gasteiger partial charge in [-0.05, 0) is 36.4 Å². The summed E-state index contributed by atoms with van der Waals surface area (Å²) in [7, 11) is 3.59. The van der Waals surface area contributed by atoms with Crippen molar-refractivity contribution in [3.05, 3.63) is 48.8 Å². The van der Waals surface area contributed by atoms with Crippen LogP contribution in [0, 0.1) is 0 Å². The highest BCUT2D eigenvalue weighted by atomic mass is 16.5. The molecule has 0 aliphatic rings. The molecule has 3 heterocycles. The van der Waals surface area contributed by atoms with Gasteiger partial charge in [0.2, 0.25) is 0 Å². The van der Waals surface area contributed by atoms with Crippen LogP contribution in [0.4, 0.5) is 11.5 Å². The van der Waals surface area contributed by atoms with Gasteiger partial charge in [0.25, 0.3) is 0 Å². The summed E-state index contributed by atoms with van der Waals surface area (Å²) in [4.78, 5) is 4.78. The largest absolute Gasteiger partial charge is 0.497 e. The van der Waals surface area contributed by atoms with Crippen molar-refractivity contribution in [2.75, 3.05) is 12.4 Å². The van der Waals surface area contributed by atoms with Crippen molar-refractivity contribution in [3.8, 4) is 5.75 Å². The number of pyridine rings is 1. The highest BCUT2D eigenvalue weighted by Crippen LogP contribution is 2.32. The van der Waals surface area contributed by atoms with E-state index in [2.05, 4.69) is 26.7 Å². The van der Waals surface area contributed by atoms with Gasteiger partial charge in [0.1, 0.15) is 11.3 Å². The first-order chi connectivity index (χ1) is 12.7. The molecule has 5 aromatic rings. The van der Waals surface area contributed by atoms with Crippen LogP contribution in [0.3, 0.4) is 0 Å². The van der Waals surface area contributed by atoms with E-state index in [0.29, 0.717) is 0 Å². The number of methoxy groups -OCH3 is 1. The summed E-state index contributed by atoms with van der Waals surface area (Å²) in [6, 6.07) is 12.0. The van der Waals surface area contributed by atoms with Gasteiger partial charge in [-0.1, -0.05) is 0 Å². The number of hydrogen-bond donors (Lipinski definition) is 2. The van der Waals surface area contributed by atoms with Gasteiger partial charge in [-0.3, -0.25) is 9.78 Å². The fraction of sp³-hybridized carbons (Fsp3) is 0.105. The first-order valence-electron chi connectivity index (χ1n) is 8.22. The lowest BCUT2D eigenvalue weighted by molar-refractivity contribution is 0.415. The first-order valence-corrected chi connectivity index (χ1v) is 8.22. The lowest BCUT2D eigenvalue weighted by Gasteiger charge is -2.10. The van der Waals surface area contributed by atoms with Crippen LogP contribution in [0.1, 0.15) is 0 Å². The standard InChI is InChI=1S/C19H16N6O/c1-25-17-7-12(4-3-11(17)9-21-25)22-19-18-15(10-20-24-18)14-8-13(26-2)5-6-16(14)23-19/h3-10H,1-2H3,(H,20,24)(H,22,23). The number of benzene rings is 2. The van der Waals surface area contributed by atoms with Gasteiger partial charge in [-0.25, -0.2) is 4.98 Å². The zero-order valence-electron chi connectivity index (χ0n) is 14.3. The van der Waals surface area contributed by atoms with E-state index in [-0.39, 0.29) is 0 Å². The monoisotopic (exact) mass is 344 g/mol. The molecule has 2 aromatic carbocycles. The lowest BCUT2D eigenvalue weighted by atomic mass is 10.1. The minimum absolute atomic E-state index is 0.733. The molecule has 26 heavy (non-hydrogen) atoms. The van der Waals surface area contributed by atoms with Crippen molar-refractivity contribution in [1.29, 1.82) is 0 Å². The van der Waals surface area contributed by atoms with Crippen LogP contribution in [0.2, 0.25) is 0 Å². The van der Waals surface area contributed by atoms with E-state index in [4.69, 9.17) is 9.72 Å². The summed E-state index contributed by atoms with van der Waals surface area (Å²) >= 11 is 0. The number of nitrogens with one attached hydrogen (secondary N) is 2. The number of nitrogens with zero attached hydrogens (tertiary/aromatic N) is 4. The van der Waals surface area contributed by atoms with Crippen LogP contribution in [-0.4, -0.2) is 32.1 Å². The van der Waals surface area contributed by atoms with E-state index in [1.54, 1.807) is 7.11 Å². The summed E-state index contributed by atoms with van der Waals surface area (Å²) in [5.41, 5.74) is 3.73. The molecule has 3 aromatic heterocycles. The number of hydrogen-bond acceptors (Lipinski definition) is 5. The number of aromatic nitrogens is 5. The molecule has 7 heteroatoms. The van der Waals surface area contributed by atoms with Crippen molar-refractivity contribution >= 4 is 44.2 Å². The fourth-order valence-electron chi connectivity index (χ4n) is 3.25. The molecule has 0 fully saturated rings. The minimum atomic E-state index is 0.733. The van der Waals surface area contributed by atoms with Gasteiger partial charge in [0, 0.05) is 28.9 Å². The highest BCUT2D eigenvalue weighted by Gasteiger charge is 2.12. The van der Waals surface area contributed by atoms with Crippen molar-refractivity contribution in [2.24, 2.45) is 7.05 Å². The molecule has 0 saturated heterocycles. The summed E-state index contributed by atoms with van der Waals surface area (Å²) in [6.07, 6.45) is 3.67. The van der Waals surface area contributed by atoms with Gasteiger partial charge >= 0.3 is 0 Å². The third-order valence-corrected chi connectivity index (χ3v) is 4.61. The maximum atomic E-state index is 5.34. The number of aryl methyl sites for hydroxylation is 1. The van der Waals surface area contributed by atoms with Crippen LogP contribution in [0.25, 0.3) is 32.7 Å². The summed E-state index contributed by atoms with van der Waals surface area (Å²) in [5.74, 6) is 1.53. The summed E-state index contributed by atoms with van der Waals surface area (Å²) in [6.45, 7) is 0. The highest BCUT2D eigenvalue weighted by molar-refractivity contribution is 6.09. The maximum absolute atomic E-state index is 5.34. The molecular weight excluding hydrogens is 328 g/mol. The van der Waals surface area contributed by atoms with Crippen molar-refractivity contribution in [1.82, 2.24) is 25.0 Å². The van der Waals surface area contributed by atoms with Gasteiger partial charge < -0.3 is 10.1 Å². The van der Waals surface area contributed by atoms with E-state index in [9.17, 15) is 0 Å².